The monoisotopic (exact) mass is 480 g/mol. The molecule has 0 aromatic rings. The van der Waals surface area contributed by atoms with Gasteiger partial charge in [0.2, 0.25) is 5.91 Å². The lowest BCUT2D eigenvalue weighted by Gasteiger charge is -2.35. The number of carbonyl (C=O) groups excluding carboxylic acids is 1. The van der Waals surface area contributed by atoms with E-state index in [1.54, 1.807) is 4.90 Å². The van der Waals surface area contributed by atoms with Gasteiger partial charge in [0.25, 0.3) is 0 Å². The Morgan fingerprint density at radius 2 is 1.91 bits per heavy atom. The van der Waals surface area contributed by atoms with Crippen LogP contribution in [0.15, 0.2) is 0 Å². The molecule has 0 unspecified atom stereocenters. The first-order chi connectivity index (χ1) is 16.4. The Morgan fingerprint density at radius 3 is 2.65 bits per heavy atom. The number of ether oxygens (including phenoxy) is 5. The number of fused-ring (bicyclic) bond motifs is 1. The van der Waals surface area contributed by atoms with E-state index in [0.29, 0.717) is 39.0 Å². The molecule has 34 heavy (non-hydrogen) atoms. The Bertz CT molecular complexity index is 723. The molecule has 10 heteroatoms. The van der Waals surface area contributed by atoms with Crippen molar-refractivity contribution in [1.29, 1.82) is 5.26 Å². The van der Waals surface area contributed by atoms with E-state index in [-0.39, 0.29) is 30.3 Å². The molecule has 4 aliphatic rings. The van der Waals surface area contributed by atoms with Crippen molar-refractivity contribution in [2.45, 2.75) is 88.9 Å². The zero-order chi connectivity index (χ0) is 24.1. The molecule has 1 amide bonds. The average molecular weight is 481 g/mol. The number of likely N-dealkylation sites (tertiary alicyclic amines) is 2. The van der Waals surface area contributed by atoms with Crippen LogP contribution in [-0.4, -0.2) is 111 Å². The van der Waals surface area contributed by atoms with Crippen molar-refractivity contribution in [3.05, 3.63) is 0 Å². The third-order valence-corrected chi connectivity index (χ3v) is 7.11. The summed E-state index contributed by atoms with van der Waals surface area (Å²) in [6, 6.07) is 2.28. The van der Waals surface area contributed by atoms with Crippen LogP contribution in [0.1, 0.15) is 46.5 Å². The Kier molecular flexibility index (Phi) is 8.80. The molecule has 1 N–H and O–H groups in total. The molecule has 192 valence electrons. The lowest BCUT2D eigenvalue weighted by atomic mass is 10.0. The van der Waals surface area contributed by atoms with Crippen LogP contribution in [-0.2, 0) is 28.5 Å². The van der Waals surface area contributed by atoms with Crippen LogP contribution < -0.4 is 5.32 Å². The minimum absolute atomic E-state index is 0.0354. The van der Waals surface area contributed by atoms with Crippen LogP contribution >= 0.6 is 0 Å². The predicted molar refractivity (Wildman–Crippen MR) is 123 cm³/mol. The average Bonchev–Trinajstić information content (AvgIpc) is 3.50. The van der Waals surface area contributed by atoms with Crippen LogP contribution in [0.2, 0.25) is 0 Å². The number of nitriles is 1. The van der Waals surface area contributed by atoms with Crippen LogP contribution in [0.4, 0.5) is 0 Å². The number of amides is 1. The van der Waals surface area contributed by atoms with Gasteiger partial charge >= 0.3 is 0 Å². The topological polar surface area (TPSA) is 106 Å². The third-order valence-electron chi connectivity index (χ3n) is 7.11. The van der Waals surface area contributed by atoms with Crippen molar-refractivity contribution in [2.24, 2.45) is 0 Å². The standard InChI is InChI=1S/C24H40N4O6/c1-4-30-12-13-31-23-22-21(33-24(2,3)34-22)19(32-23)16-27-10-7-17(8-11-27)26-15-20(29)28-9-5-6-18(28)14-25/h17-19,21-23,26H,4-13,15-16H2,1-3H3/t18-,19+,21+,22+,23+/m0/s1. The maximum absolute atomic E-state index is 12.5. The molecule has 4 rings (SSSR count). The summed E-state index contributed by atoms with van der Waals surface area (Å²) in [7, 11) is 0. The van der Waals surface area contributed by atoms with E-state index in [0.717, 1.165) is 45.3 Å². The highest BCUT2D eigenvalue weighted by atomic mass is 16.8. The summed E-state index contributed by atoms with van der Waals surface area (Å²) in [5, 5.41) is 12.6. The summed E-state index contributed by atoms with van der Waals surface area (Å²) < 4.78 is 29.8. The van der Waals surface area contributed by atoms with Gasteiger partial charge in [-0.3, -0.25) is 4.79 Å². The summed E-state index contributed by atoms with van der Waals surface area (Å²) in [4.78, 5) is 16.6. The molecule has 5 atom stereocenters. The fourth-order valence-electron chi connectivity index (χ4n) is 5.40. The minimum Gasteiger partial charge on any atom is -0.379 e. The Morgan fingerprint density at radius 1 is 1.15 bits per heavy atom. The van der Waals surface area contributed by atoms with Crippen molar-refractivity contribution in [1.82, 2.24) is 15.1 Å². The number of rotatable bonds is 10. The quantitative estimate of drug-likeness (QED) is 0.456. The van der Waals surface area contributed by atoms with Crippen molar-refractivity contribution in [3.63, 3.8) is 0 Å². The maximum atomic E-state index is 12.5. The van der Waals surface area contributed by atoms with Gasteiger partial charge in [0, 0.05) is 25.7 Å². The number of nitrogens with one attached hydrogen (secondary N) is 1. The lowest BCUT2D eigenvalue weighted by molar-refractivity contribution is -0.236. The normalized spacial score (nSPS) is 33.8. The second kappa shape index (κ2) is 11.6. The molecule has 4 heterocycles. The highest BCUT2D eigenvalue weighted by Gasteiger charge is 2.56. The second-order valence-corrected chi connectivity index (χ2v) is 10.0. The number of hydrogen-bond acceptors (Lipinski definition) is 9. The summed E-state index contributed by atoms with van der Waals surface area (Å²) in [6.45, 7) is 11.1. The molecule has 4 fully saturated rings. The van der Waals surface area contributed by atoms with Crippen molar-refractivity contribution in [3.8, 4) is 6.07 Å². The highest BCUT2D eigenvalue weighted by molar-refractivity contribution is 5.79. The summed E-state index contributed by atoms with van der Waals surface area (Å²) in [5.41, 5.74) is 0. The van der Waals surface area contributed by atoms with Gasteiger partial charge in [-0.1, -0.05) is 0 Å². The molecule has 0 aromatic heterocycles. The first kappa shape index (κ1) is 25.8. The fourth-order valence-corrected chi connectivity index (χ4v) is 5.40. The Hall–Kier alpha value is -1.32. The Labute approximate surface area is 202 Å². The second-order valence-electron chi connectivity index (χ2n) is 10.0. The van der Waals surface area contributed by atoms with Crippen LogP contribution in [0.3, 0.4) is 0 Å². The van der Waals surface area contributed by atoms with Gasteiger partial charge < -0.3 is 38.8 Å². The fraction of sp³-hybridized carbons (Fsp3) is 0.917. The zero-order valence-corrected chi connectivity index (χ0v) is 20.7. The number of nitrogens with zero attached hydrogens (tertiary/aromatic N) is 3. The molecular weight excluding hydrogens is 440 g/mol. The first-order valence-electron chi connectivity index (χ1n) is 12.8. The van der Waals surface area contributed by atoms with E-state index in [2.05, 4.69) is 16.3 Å². The van der Waals surface area contributed by atoms with E-state index < -0.39 is 12.1 Å². The molecular formula is C24H40N4O6. The maximum Gasteiger partial charge on any atom is 0.237 e. The SMILES string of the molecule is CCOCCO[C@@H]1O[C@H](CN2CCC(NCC(=O)N3CCC[C@H]3C#N)CC2)[C@H]2OC(C)(C)O[C@@H]12. The van der Waals surface area contributed by atoms with Gasteiger partial charge in [-0.2, -0.15) is 5.26 Å². The van der Waals surface area contributed by atoms with E-state index in [1.165, 1.54) is 0 Å². The van der Waals surface area contributed by atoms with Gasteiger partial charge in [0.15, 0.2) is 12.1 Å². The van der Waals surface area contributed by atoms with E-state index in [1.807, 2.05) is 20.8 Å². The Balaban J connectivity index is 1.21. The molecule has 4 saturated heterocycles. The van der Waals surface area contributed by atoms with E-state index in [9.17, 15) is 10.1 Å². The van der Waals surface area contributed by atoms with Crippen molar-refractivity contribution < 1.29 is 28.5 Å². The molecule has 0 spiro atoms. The summed E-state index contributed by atoms with van der Waals surface area (Å²) in [5.74, 6) is -0.615. The number of hydrogen-bond donors (Lipinski definition) is 1. The third kappa shape index (κ3) is 6.26. The highest BCUT2D eigenvalue weighted by Crippen LogP contribution is 2.39. The molecule has 0 saturated carbocycles. The van der Waals surface area contributed by atoms with Crippen LogP contribution in [0, 0.1) is 11.3 Å². The van der Waals surface area contributed by atoms with E-state index in [4.69, 9.17) is 23.7 Å². The first-order valence-corrected chi connectivity index (χ1v) is 12.8. The molecule has 0 aliphatic carbocycles. The van der Waals surface area contributed by atoms with E-state index >= 15 is 0 Å². The number of carbonyl (C=O) groups is 1. The van der Waals surface area contributed by atoms with Crippen molar-refractivity contribution in [2.75, 3.05) is 52.5 Å². The van der Waals surface area contributed by atoms with Gasteiger partial charge in [-0.15, -0.1) is 0 Å². The van der Waals surface area contributed by atoms with Crippen molar-refractivity contribution >= 4 is 5.91 Å². The molecule has 0 bridgehead atoms. The molecule has 0 aromatic carbocycles. The lowest BCUT2D eigenvalue weighted by Crippen LogP contribution is -2.49. The zero-order valence-electron chi connectivity index (χ0n) is 20.7. The number of piperidine rings is 1. The van der Waals surface area contributed by atoms with Crippen LogP contribution in [0.25, 0.3) is 0 Å². The predicted octanol–water partition coefficient (Wildman–Crippen LogP) is 0.853. The summed E-state index contributed by atoms with van der Waals surface area (Å²) in [6.07, 6.45) is 2.66. The van der Waals surface area contributed by atoms with Gasteiger partial charge in [-0.25, -0.2) is 0 Å². The molecule has 0 radical (unpaired) electrons. The molecule has 4 aliphatic heterocycles. The minimum atomic E-state index is -0.651. The largest absolute Gasteiger partial charge is 0.379 e. The molecule has 10 nitrogen and oxygen atoms in total. The smallest absolute Gasteiger partial charge is 0.237 e. The van der Waals surface area contributed by atoms with Gasteiger partial charge in [0.1, 0.15) is 24.4 Å². The van der Waals surface area contributed by atoms with Gasteiger partial charge in [0.05, 0.1) is 25.8 Å². The van der Waals surface area contributed by atoms with Gasteiger partial charge in [-0.05, 0) is 59.5 Å². The van der Waals surface area contributed by atoms with Crippen LogP contribution in [0.5, 0.6) is 0 Å². The summed E-state index contributed by atoms with van der Waals surface area (Å²) >= 11 is 0.